The van der Waals surface area contributed by atoms with Crippen molar-refractivity contribution in [1.29, 1.82) is 0 Å². The standard InChI is InChI=1S/C12H14BrN3OS/c13-8-1-4-10(15-7-8)12(17)16(9-2-3-9)6-5-11(14)18/h1,4,7,9H,2-3,5-6H2,(H2,14,18). The smallest absolute Gasteiger partial charge is 0.272 e. The van der Waals surface area contributed by atoms with Crippen molar-refractivity contribution in [3.8, 4) is 0 Å². The van der Waals surface area contributed by atoms with Crippen LogP contribution in [0.3, 0.4) is 0 Å². The summed E-state index contributed by atoms with van der Waals surface area (Å²) in [5.74, 6) is -0.0405. The van der Waals surface area contributed by atoms with Gasteiger partial charge in [0.2, 0.25) is 0 Å². The first-order chi connectivity index (χ1) is 8.58. The molecule has 18 heavy (non-hydrogen) atoms. The number of halogens is 1. The quantitative estimate of drug-likeness (QED) is 0.841. The molecule has 1 aliphatic rings. The zero-order valence-electron chi connectivity index (χ0n) is 9.80. The summed E-state index contributed by atoms with van der Waals surface area (Å²) in [5.41, 5.74) is 5.96. The van der Waals surface area contributed by atoms with Crippen molar-refractivity contribution < 1.29 is 4.79 Å². The third-order valence-electron chi connectivity index (χ3n) is 2.79. The average Bonchev–Trinajstić information content (AvgIpc) is 3.14. The van der Waals surface area contributed by atoms with E-state index in [2.05, 4.69) is 20.9 Å². The van der Waals surface area contributed by atoms with Gasteiger partial charge in [0.05, 0.1) is 4.99 Å². The molecule has 0 atom stereocenters. The molecule has 2 rings (SSSR count). The number of hydrogen-bond donors (Lipinski definition) is 1. The molecule has 0 saturated heterocycles. The summed E-state index contributed by atoms with van der Waals surface area (Å²) in [6, 6.07) is 3.87. The van der Waals surface area contributed by atoms with Crippen molar-refractivity contribution in [3.63, 3.8) is 0 Å². The van der Waals surface area contributed by atoms with Gasteiger partial charge in [0.15, 0.2) is 0 Å². The van der Waals surface area contributed by atoms with Crippen molar-refractivity contribution in [2.75, 3.05) is 6.54 Å². The highest BCUT2D eigenvalue weighted by Crippen LogP contribution is 2.28. The molecule has 0 radical (unpaired) electrons. The number of amides is 1. The van der Waals surface area contributed by atoms with E-state index in [1.165, 1.54) is 0 Å². The fourth-order valence-electron chi connectivity index (χ4n) is 1.72. The van der Waals surface area contributed by atoms with E-state index in [1.54, 1.807) is 12.3 Å². The van der Waals surface area contributed by atoms with Gasteiger partial charge in [-0.2, -0.15) is 0 Å². The minimum atomic E-state index is -0.0405. The highest BCUT2D eigenvalue weighted by atomic mass is 79.9. The van der Waals surface area contributed by atoms with E-state index in [0.29, 0.717) is 29.7 Å². The minimum absolute atomic E-state index is 0.0405. The molecule has 1 saturated carbocycles. The Balaban J connectivity index is 2.07. The fraction of sp³-hybridized carbons (Fsp3) is 0.417. The van der Waals surface area contributed by atoms with Crippen LogP contribution >= 0.6 is 28.1 Å². The molecule has 1 aromatic heterocycles. The summed E-state index contributed by atoms with van der Waals surface area (Å²) in [6.45, 7) is 0.580. The van der Waals surface area contributed by atoms with Crippen molar-refractivity contribution in [3.05, 3.63) is 28.5 Å². The van der Waals surface area contributed by atoms with E-state index in [1.807, 2.05) is 11.0 Å². The van der Waals surface area contributed by atoms with E-state index in [9.17, 15) is 4.79 Å². The van der Waals surface area contributed by atoms with Gasteiger partial charge in [-0.1, -0.05) is 12.2 Å². The zero-order valence-corrected chi connectivity index (χ0v) is 12.2. The van der Waals surface area contributed by atoms with E-state index in [4.69, 9.17) is 18.0 Å². The van der Waals surface area contributed by atoms with E-state index in [0.717, 1.165) is 17.3 Å². The van der Waals surface area contributed by atoms with Gasteiger partial charge in [-0.25, -0.2) is 4.98 Å². The summed E-state index contributed by atoms with van der Waals surface area (Å²) in [7, 11) is 0. The van der Waals surface area contributed by atoms with Crippen LogP contribution in [0.5, 0.6) is 0 Å². The van der Waals surface area contributed by atoms with Crippen LogP contribution in [0.25, 0.3) is 0 Å². The first-order valence-corrected chi connectivity index (χ1v) is 6.99. The number of carbonyl (C=O) groups excluding carboxylic acids is 1. The van der Waals surface area contributed by atoms with Crippen LogP contribution in [0.15, 0.2) is 22.8 Å². The Morgan fingerprint density at radius 1 is 1.56 bits per heavy atom. The number of pyridine rings is 1. The van der Waals surface area contributed by atoms with Gasteiger partial charge in [0.25, 0.3) is 5.91 Å². The Labute approximate surface area is 120 Å². The second kappa shape index (κ2) is 5.75. The Bertz CT molecular complexity index is 459. The number of nitrogens with zero attached hydrogens (tertiary/aromatic N) is 2. The third kappa shape index (κ3) is 3.49. The van der Waals surface area contributed by atoms with Gasteiger partial charge in [0.1, 0.15) is 5.69 Å². The number of hydrogen-bond acceptors (Lipinski definition) is 3. The molecule has 1 amide bonds. The molecular formula is C12H14BrN3OS. The molecule has 0 unspecified atom stereocenters. The van der Waals surface area contributed by atoms with Crippen LogP contribution in [0.1, 0.15) is 29.8 Å². The second-order valence-corrected chi connectivity index (χ2v) is 5.75. The molecule has 0 aromatic carbocycles. The molecular weight excluding hydrogens is 314 g/mol. The second-order valence-electron chi connectivity index (χ2n) is 4.31. The normalized spacial score (nSPS) is 14.3. The molecule has 0 bridgehead atoms. The van der Waals surface area contributed by atoms with Gasteiger partial charge in [-0.3, -0.25) is 4.79 Å². The van der Waals surface area contributed by atoms with Crippen LogP contribution in [0.4, 0.5) is 0 Å². The number of thiocarbonyl (C=S) groups is 1. The third-order valence-corrected chi connectivity index (χ3v) is 3.47. The first-order valence-electron chi connectivity index (χ1n) is 5.79. The molecule has 96 valence electrons. The Hall–Kier alpha value is -1.01. The molecule has 4 nitrogen and oxygen atoms in total. The maximum atomic E-state index is 12.3. The molecule has 1 aliphatic carbocycles. The van der Waals surface area contributed by atoms with E-state index >= 15 is 0 Å². The molecule has 1 fully saturated rings. The van der Waals surface area contributed by atoms with Crippen molar-refractivity contribution in [2.45, 2.75) is 25.3 Å². The lowest BCUT2D eigenvalue weighted by molar-refractivity contribution is 0.0742. The minimum Gasteiger partial charge on any atom is -0.393 e. The van der Waals surface area contributed by atoms with Gasteiger partial charge < -0.3 is 10.6 Å². The number of nitrogens with two attached hydrogens (primary N) is 1. The summed E-state index contributed by atoms with van der Waals surface area (Å²) in [6.07, 6.45) is 4.30. The summed E-state index contributed by atoms with van der Waals surface area (Å²) < 4.78 is 0.861. The lowest BCUT2D eigenvalue weighted by Gasteiger charge is -2.21. The lowest BCUT2D eigenvalue weighted by atomic mass is 10.3. The molecule has 1 heterocycles. The zero-order chi connectivity index (χ0) is 13.1. The van der Waals surface area contributed by atoms with Crippen LogP contribution in [0, 0.1) is 0 Å². The fourth-order valence-corrected chi connectivity index (χ4v) is 2.04. The molecule has 2 N–H and O–H groups in total. The van der Waals surface area contributed by atoms with Gasteiger partial charge in [-0.05, 0) is 40.9 Å². The van der Waals surface area contributed by atoms with Crippen LogP contribution < -0.4 is 5.73 Å². The maximum absolute atomic E-state index is 12.3. The summed E-state index contributed by atoms with van der Waals surface area (Å²) in [5, 5.41) is 0. The number of carbonyl (C=O) groups is 1. The Kier molecular flexibility index (Phi) is 4.29. The largest absolute Gasteiger partial charge is 0.393 e. The van der Waals surface area contributed by atoms with Gasteiger partial charge >= 0.3 is 0 Å². The lowest BCUT2D eigenvalue weighted by Crippen LogP contribution is -2.36. The molecule has 0 spiro atoms. The average molecular weight is 328 g/mol. The van der Waals surface area contributed by atoms with Crippen molar-refractivity contribution in [2.24, 2.45) is 5.73 Å². The van der Waals surface area contributed by atoms with Gasteiger partial charge in [0, 0.05) is 29.7 Å². The Morgan fingerprint density at radius 3 is 2.78 bits per heavy atom. The summed E-state index contributed by atoms with van der Waals surface area (Å²) >= 11 is 8.16. The predicted octanol–water partition coefficient (Wildman–Crippen LogP) is 2.12. The first kappa shape index (κ1) is 13.4. The van der Waals surface area contributed by atoms with Crippen molar-refractivity contribution in [1.82, 2.24) is 9.88 Å². The topological polar surface area (TPSA) is 59.2 Å². The van der Waals surface area contributed by atoms with Gasteiger partial charge in [-0.15, -0.1) is 0 Å². The van der Waals surface area contributed by atoms with Crippen LogP contribution in [-0.2, 0) is 0 Å². The number of aromatic nitrogens is 1. The predicted molar refractivity (Wildman–Crippen MR) is 77.4 cm³/mol. The van der Waals surface area contributed by atoms with E-state index < -0.39 is 0 Å². The van der Waals surface area contributed by atoms with Crippen molar-refractivity contribution >= 4 is 39.0 Å². The monoisotopic (exact) mass is 327 g/mol. The maximum Gasteiger partial charge on any atom is 0.272 e. The van der Waals surface area contributed by atoms with Crippen LogP contribution in [-0.4, -0.2) is 33.4 Å². The highest BCUT2D eigenvalue weighted by molar-refractivity contribution is 9.10. The number of rotatable bonds is 5. The molecule has 6 heteroatoms. The summed E-state index contributed by atoms with van der Waals surface area (Å²) in [4.78, 5) is 18.7. The SMILES string of the molecule is NC(=S)CCN(C(=O)c1ccc(Br)cn1)C1CC1. The van der Waals surface area contributed by atoms with Crippen LogP contribution in [0.2, 0.25) is 0 Å². The Morgan fingerprint density at radius 2 is 2.28 bits per heavy atom. The molecule has 1 aromatic rings. The van der Waals surface area contributed by atoms with E-state index in [-0.39, 0.29) is 5.91 Å². The molecule has 0 aliphatic heterocycles. The highest BCUT2D eigenvalue weighted by Gasteiger charge is 2.33.